The Kier molecular flexibility index (Phi) is 8.93. The minimum absolute atomic E-state index is 0.0615. The zero-order chi connectivity index (χ0) is 18.7. The van der Waals surface area contributed by atoms with Gasteiger partial charge in [0.15, 0.2) is 0 Å². The second kappa shape index (κ2) is 11.0. The smallest absolute Gasteiger partial charge is 0.271 e. The summed E-state index contributed by atoms with van der Waals surface area (Å²) in [6.45, 7) is 7.99. The van der Waals surface area contributed by atoms with E-state index in [1.807, 2.05) is 13.0 Å². The molecule has 0 aliphatic carbocycles. The Hall–Kier alpha value is -2.69. The quantitative estimate of drug-likeness (QED) is 0.417. The van der Waals surface area contributed by atoms with Crippen molar-refractivity contribution in [2.45, 2.75) is 47.0 Å². The molecule has 5 heteroatoms. The summed E-state index contributed by atoms with van der Waals surface area (Å²) in [5, 5.41) is 6.66. The molecule has 1 aromatic carbocycles. The van der Waals surface area contributed by atoms with Gasteiger partial charge in [-0.25, -0.2) is 5.43 Å². The van der Waals surface area contributed by atoms with Crippen LogP contribution >= 0.6 is 0 Å². The van der Waals surface area contributed by atoms with Crippen LogP contribution in [0.25, 0.3) is 0 Å². The lowest BCUT2D eigenvalue weighted by atomic mass is 10.1. The Balaban J connectivity index is 2.48. The number of rotatable bonds is 8. The number of nitrogens with zero attached hydrogens (tertiary/aromatic N) is 1. The zero-order valence-corrected chi connectivity index (χ0v) is 15.4. The fraction of sp³-hybridized carbons (Fsp3) is 0.350. The lowest BCUT2D eigenvalue weighted by Gasteiger charge is -2.04. The molecule has 0 saturated heterocycles. The van der Waals surface area contributed by atoms with Crippen LogP contribution in [0.15, 0.2) is 52.7 Å². The monoisotopic (exact) mass is 341 g/mol. The van der Waals surface area contributed by atoms with Crippen LogP contribution in [0.2, 0.25) is 0 Å². The zero-order valence-electron chi connectivity index (χ0n) is 15.4. The lowest BCUT2D eigenvalue weighted by Crippen LogP contribution is -2.17. The molecule has 0 aliphatic heterocycles. The third kappa shape index (κ3) is 8.65. The van der Waals surface area contributed by atoms with E-state index in [9.17, 15) is 9.59 Å². The van der Waals surface area contributed by atoms with Gasteiger partial charge in [0.2, 0.25) is 5.91 Å². The highest BCUT2D eigenvalue weighted by Gasteiger charge is 2.04. The minimum Gasteiger partial charge on any atom is -0.326 e. The van der Waals surface area contributed by atoms with Crippen molar-refractivity contribution in [1.82, 2.24) is 5.43 Å². The normalized spacial score (nSPS) is 11.3. The minimum atomic E-state index is -0.291. The maximum Gasteiger partial charge on any atom is 0.271 e. The van der Waals surface area contributed by atoms with E-state index in [0.717, 1.165) is 12.8 Å². The average Bonchev–Trinajstić information content (AvgIpc) is 2.58. The van der Waals surface area contributed by atoms with Crippen molar-refractivity contribution >= 4 is 23.7 Å². The number of allylic oxidation sites excluding steroid dienone is 4. The highest BCUT2D eigenvalue weighted by molar-refractivity contribution is 5.96. The SMILES string of the molecule is CCC(=O)Nc1ccc(C(=O)N/N=C\C=C(\C)CCC=C(C)C)cc1. The van der Waals surface area contributed by atoms with Gasteiger partial charge in [0.1, 0.15) is 0 Å². The summed E-state index contributed by atoms with van der Waals surface area (Å²) in [6, 6.07) is 6.69. The van der Waals surface area contributed by atoms with Gasteiger partial charge in [-0.3, -0.25) is 9.59 Å². The molecule has 0 unspecified atom stereocenters. The molecule has 0 saturated carbocycles. The van der Waals surface area contributed by atoms with Crippen molar-refractivity contribution in [1.29, 1.82) is 0 Å². The van der Waals surface area contributed by atoms with Crippen LogP contribution in [0, 0.1) is 0 Å². The average molecular weight is 341 g/mol. The topological polar surface area (TPSA) is 70.6 Å². The second-order valence-corrected chi connectivity index (χ2v) is 6.03. The van der Waals surface area contributed by atoms with Crippen LogP contribution < -0.4 is 10.7 Å². The fourth-order valence-electron chi connectivity index (χ4n) is 1.95. The van der Waals surface area contributed by atoms with E-state index in [2.05, 4.69) is 35.8 Å². The summed E-state index contributed by atoms with van der Waals surface area (Å²) in [6.07, 6.45) is 8.07. The summed E-state index contributed by atoms with van der Waals surface area (Å²) < 4.78 is 0. The van der Waals surface area contributed by atoms with Crippen LogP contribution in [0.4, 0.5) is 5.69 Å². The van der Waals surface area contributed by atoms with Gasteiger partial charge in [0.25, 0.3) is 5.91 Å². The first-order valence-corrected chi connectivity index (χ1v) is 8.44. The highest BCUT2D eigenvalue weighted by atomic mass is 16.2. The molecule has 5 nitrogen and oxygen atoms in total. The summed E-state index contributed by atoms with van der Waals surface area (Å²) in [5.74, 6) is -0.353. The van der Waals surface area contributed by atoms with Gasteiger partial charge in [-0.2, -0.15) is 5.10 Å². The largest absolute Gasteiger partial charge is 0.326 e. The van der Waals surface area contributed by atoms with Crippen molar-refractivity contribution in [2.24, 2.45) is 5.10 Å². The van der Waals surface area contributed by atoms with Gasteiger partial charge in [-0.1, -0.05) is 24.1 Å². The summed E-state index contributed by atoms with van der Waals surface area (Å²) in [7, 11) is 0. The predicted molar refractivity (Wildman–Crippen MR) is 104 cm³/mol. The first-order chi connectivity index (χ1) is 11.9. The second-order valence-electron chi connectivity index (χ2n) is 6.03. The number of hydrogen-bond acceptors (Lipinski definition) is 3. The Morgan fingerprint density at radius 2 is 1.80 bits per heavy atom. The third-order valence-electron chi connectivity index (χ3n) is 3.44. The molecule has 0 bridgehead atoms. The lowest BCUT2D eigenvalue weighted by molar-refractivity contribution is -0.115. The molecule has 0 spiro atoms. The molecule has 1 aromatic rings. The Labute approximate surface area is 149 Å². The van der Waals surface area contributed by atoms with Crippen LogP contribution in [-0.2, 0) is 4.79 Å². The number of hydrogen-bond donors (Lipinski definition) is 2. The first-order valence-electron chi connectivity index (χ1n) is 8.44. The molecular formula is C20H27N3O2. The predicted octanol–water partition coefficient (Wildman–Crippen LogP) is 4.44. The van der Waals surface area contributed by atoms with E-state index in [0.29, 0.717) is 17.7 Å². The first kappa shape index (κ1) is 20.4. The Bertz CT molecular complexity index is 667. The van der Waals surface area contributed by atoms with Crippen LogP contribution in [0.1, 0.15) is 57.3 Å². The summed E-state index contributed by atoms with van der Waals surface area (Å²) in [5.41, 5.74) is 6.15. The van der Waals surface area contributed by atoms with Gasteiger partial charge in [-0.05, 0) is 64.0 Å². The maximum absolute atomic E-state index is 12.0. The standard InChI is InChI=1S/C20H27N3O2/c1-5-19(24)22-18-11-9-17(10-12-18)20(25)23-21-14-13-16(4)8-6-7-15(2)3/h7,9-14H,5-6,8H2,1-4H3,(H,22,24)(H,23,25)/b16-13-,21-14-. The third-order valence-corrected chi connectivity index (χ3v) is 3.44. The molecule has 0 radical (unpaired) electrons. The number of amides is 2. The molecule has 134 valence electrons. The van der Waals surface area contributed by atoms with E-state index in [-0.39, 0.29) is 11.8 Å². The van der Waals surface area contributed by atoms with Crippen molar-refractivity contribution in [3.63, 3.8) is 0 Å². The Morgan fingerprint density at radius 1 is 1.12 bits per heavy atom. The van der Waals surface area contributed by atoms with E-state index in [4.69, 9.17) is 0 Å². The van der Waals surface area contributed by atoms with Crippen LogP contribution in [-0.4, -0.2) is 18.0 Å². The number of anilines is 1. The van der Waals surface area contributed by atoms with Crippen molar-refractivity contribution in [3.8, 4) is 0 Å². The van der Waals surface area contributed by atoms with Crippen molar-refractivity contribution in [2.75, 3.05) is 5.32 Å². The van der Waals surface area contributed by atoms with Gasteiger partial charge in [0.05, 0.1) is 0 Å². The van der Waals surface area contributed by atoms with Crippen molar-refractivity contribution < 1.29 is 9.59 Å². The number of carbonyl (C=O) groups excluding carboxylic acids is 2. The van der Waals surface area contributed by atoms with E-state index in [1.54, 1.807) is 37.4 Å². The number of nitrogens with one attached hydrogen (secondary N) is 2. The molecule has 0 heterocycles. The summed E-state index contributed by atoms with van der Waals surface area (Å²) in [4.78, 5) is 23.3. The Morgan fingerprint density at radius 3 is 2.40 bits per heavy atom. The molecular weight excluding hydrogens is 314 g/mol. The molecule has 2 N–H and O–H groups in total. The molecule has 1 rings (SSSR count). The molecule has 2 amide bonds. The van der Waals surface area contributed by atoms with E-state index in [1.165, 1.54) is 11.1 Å². The molecule has 0 fully saturated rings. The highest BCUT2D eigenvalue weighted by Crippen LogP contribution is 2.10. The number of carbonyl (C=O) groups is 2. The van der Waals surface area contributed by atoms with Crippen LogP contribution in [0.5, 0.6) is 0 Å². The van der Waals surface area contributed by atoms with Crippen molar-refractivity contribution in [3.05, 3.63) is 53.1 Å². The van der Waals surface area contributed by atoms with Gasteiger partial charge >= 0.3 is 0 Å². The molecule has 0 atom stereocenters. The van der Waals surface area contributed by atoms with Crippen LogP contribution in [0.3, 0.4) is 0 Å². The van der Waals surface area contributed by atoms with E-state index >= 15 is 0 Å². The number of hydrazone groups is 1. The van der Waals surface area contributed by atoms with Gasteiger partial charge < -0.3 is 5.32 Å². The van der Waals surface area contributed by atoms with Gasteiger partial charge in [-0.15, -0.1) is 0 Å². The molecule has 25 heavy (non-hydrogen) atoms. The molecule has 0 aromatic heterocycles. The summed E-state index contributed by atoms with van der Waals surface area (Å²) >= 11 is 0. The maximum atomic E-state index is 12.0. The van der Waals surface area contributed by atoms with E-state index < -0.39 is 0 Å². The number of benzene rings is 1. The fourth-order valence-corrected chi connectivity index (χ4v) is 1.95. The molecule has 0 aliphatic rings. The van der Waals surface area contributed by atoms with Gasteiger partial charge in [0, 0.05) is 23.9 Å².